The predicted molar refractivity (Wildman–Crippen MR) is 92.1 cm³/mol. The monoisotopic (exact) mass is 384 g/mol. The number of benzene rings is 1. The van der Waals surface area contributed by atoms with Crippen molar-refractivity contribution in [2.24, 2.45) is 5.10 Å². The van der Waals surface area contributed by atoms with Crippen LogP contribution in [-0.4, -0.2) is 41.6 Å². The molecule has 1 amide bonds. The fourth-order valence-corrected chi connectivity index (χ4v) is 3.08. The third-order valence-corrected chi connectivity index (χ3v) is 4.64. The van der Waals surface area contributed by atoms with Crippen LogP contribution in [0.4, 0.5) is 13.2 Å². The van der Waals surface area contributed by atoms with Gasteiger partial charge in [-0.05, 0) is 11.6 Å². The van der Waals surface area contributed by atoms with E-state index in [1.807, 2.05) is 0 Å². The van der Waals surface area contributed by atoms with Crippen molar-refractivity contribution in [3.8, 4) is 0 Å². The van der Waals surface area contributed by atoms with Gasteiger partial charge in [-0.25, -0.2) is 0 Å². The van der Waals surface area contributed by atoms with Crippen molar-refractivity contribution >= 4 is 23.7 Å². The third kappa shape index (κ3) is 3.70. The van der Waals surface area contributed by atoms with E-state index in [1.165, 1.54) is 29.3 Å². The molecule has 1 fully saturated rings. The largest absolute Gasteiger partial charge is 0.416 e. The maximum absolute atomic E-state index is 13.1. The molecule has 1 aromatic carbocycles. The van der Waals surface area contributed by atoms with Gasteiger partial charge < -0.3 is 9.80 Å². The van der Waals surface area contributed by atoms with Gasteiger partial charge in [0.25, 0.3) is 0 Å². The fourth-order valence-electron chi connectivity index (χ4n) is 2.87. The number of carbonyl (C=O) groups excluding carboxylic acids is 1. The van der Waals surface area contributed by atoms with Gasteiger partial charge in [-0.3, -0.25) is 10.2 Å². The van der Waals surface area contributed by atoms with Crippen LogP contribution < -0.4 is 5.43 Å². The summed E-state index contributed by atoms with van der Waals surface area (Å²) in [5.74, 6) is -0.275. The van der Waals surface area contributed by atoms with Crippen molar-refractivity contribution in [1.82, 2.24) is 15.2 Å². The second kappa shape index (κ2) is 7.03. The lowest BCUT2D eigenvalue weighted by Gasteiger charge is -2.37. The Labute approximate surface area is 153 Å². The molecule has 3 rings (SSSR count). The van der Waals surface area contributed by atoms with Crippen LogP contribution in [0.1, 0.15) is 11.1 Å². The molecule has 0 spiro atoms. The van der Waals surface area contributed by atoms with Crippen molar-refractivity contribution < 1.29 is 18.0 Å². The number of piperazine rings is 1. The molecule has 0 aliphatic carbocycles. The van der Waals surface area contributed by atoms with Crippen molar-refractivity contribution in [2.45, 2.75) is 12.7 Å². The maximum Gasteiger partial charge on any atom is 0.416 e. The molecule has 9 heteroatoms. The number of halogens is 4. The van der Waals surface area contributed by atoms with Gasteiger partial charge in [-0.1, -0.05) is 36.4 Å². The van der Waals surface area contributed by atoms with Crippen LogP contribution >= 0.6 is 11.6 Å². The molecular formula is C17H16ClF3N4O. The summed E-state index contributed by atoms with van der Waals surface area (Å²) >= 11 is 6.19. The van der Waals surface area contributed by atoms with Gasteiger partial charge >= 0.3 is 6.18 Å². The Kier molecular flexibility index (Phi) is 4.95. The van der Waals surface area contributed by atoms with E-state index in [2.05, 4.69) is 17.1 Å². The van der Waals surface area contributed by atoms with Gasteiger partial charge in [-0.15, -0.1) is 0 Å². The number of nitrogens with one attached hydrogen (secondary N) is 1. The average molecular weight is 385 g/mol. The Morgan fingerprint density at radius 1 is 1.27 bits per heavy atom. The van der Waals surface area contributed by atoms with Crippen molar-refractivity contribution in [1.29, 1.82) is 0 Å². The molecule has 1 N–H and O–H groups in total. The minimum absolute atomic E-state index is 0.0129. The Hall–Kier alpha value is -2.48. The molecule has 1 saturated heterocycles. The number of hydrogen-bond acceptors (Lipinski definition) is 4. The number of carbonyl (C=O) groups is 1. The zero-order valence-electron chi connectivity index (χ0n) is 13.7. The second-order valence-corrected chi connectivity index (χ2v) is 6.32. The van der Waals surface area contributed by atoms with Crippen molar-refractivity contribution in [3.63, 3.8) is 0 Å². The molecule has 26 heavy (non-hydrogen) atoms. The summed E-state index contributed by atoms with van der Waals surface area (Å²) in [6.07, 6.45) is -2.95. The lowest BCUT2D eigenvalue weighted by atomic mass is 10.1. The first-order valence-electron chi connectivity index (χ1n) is 7.83. The van der Waals surface area contributed by atoms with E-state index in [-0.39, 0.29) is 31.1 Å². The quantitative estimate of drug-likeness (QED) is 0.871. The Morgan fingerprint density at radius 2 is 2.00 bits per heavy atom. The SMILES string of the molecule is C=C1NN=CC(N2CCN(Cc3ccccc3C(F)(F)F)C(=O)C2)=C1Cl. The molecule has 0 bridgehead atoms. The molecule has 0 atom stereocenters. The molecule has 5 nitrogen and oxygen atoms in total. The lowest BCUT2D eigenvalue weighted by molar-refractivity contribution is -0.141. The zero-order valence-corrected chi connectivity index (χ0v) is 14.4. The molecule has 0 radical (unpaired) electrons. The summed E-state index contributed by atoms with van der Waals surface area (Å²) in [5, 5.41) is 4.27. The summed E-state index contributed by atoms with van der Waals surface area (Å²) in [4.78, 5) is 15.6. The number of rotatable bonds is 3. The van der Waals surface area contributed by atoms with Gasteiger partial charge in [-0.2, -0.15) is 18.3 Å². The Morgan fingerprint density at radius 3 is 2.69 bits per heavy atom. The number of alkyl halides is 3. The number of hydrogen-bond donors (Lipinski definition) is 1. The molecular weight excluding hydrogens is 369 g/mol. The van der Waals surface area contributed by atoms with E-state index >= 15 is 0 Å². The summed E-state index contributed by atoms with van der Waals surface area (Å²) in [7, 11) is 0. The molecule has 2 aliphatic heterocycles. The molecule has 2 heterocycles. The summed E-state index contributed by atoms with van der Waals surface area (Å²) in [5.41, 5.74) is 2.99. The second-order valence-electron chi connectivity index (χ2n) is 5.94. The molecule has 1 aromatic rings. The van der Waals surface area contributed by atoms with Crippen LogP contribution in [0.2, 0.25) is 0 Å². The highest BCUT2D eigenvalue weighted by Crippen LogP contribution is 2.32. The topological polar surface area (TPSA) is 47.9 Å². The molecule has 0 aromatic heterocycles. The number of allylic oxidation sites excluding steroid dienone is 2. The number of hydrazone groups is 1. The summed E-state index contributed by atoms with van der Waals surface area (Å²) in [6, 6.07) is 5.29. The highest BCUT2D eigenvalue weighted by atomic mass is 35.5. The first-order valence-corrected chi connectivity index (χ1v) is 8.21. The third-order valence-electron chi connectivity index (χ3n) is 4.22. The van der Waals surface area contributed by atoms with Crippen LogP contribution in [0.15, 0.2) is 52.4 Å². The van der Waals surface area contributed by atoms with Crippen LogP contribution in [0.3, 0.4) is 0 Å². The van der Waals surface area contributed by atoms with Crippen LogP contribution in [0.25, 0.3) is 0 Å². The van der Waals surface area contributed by atoms with Crippen molar-refractivity contribution in [2.75, 3.05) is 19.6 Å². The molecule has 2 aliphatic rings. The molecule has 138 valence electrons. The van der Waals surface area contributed by atoms with E-state index in [4.69, 9.17) is 11.6 Å². The molecule has 0 unspecified atom stereocenters. The smallest absolute Gasteiger partial charge is 0.358 e. The van der Waals surface area contributed by atoms with E-state index < -0.39 is 11.7 Å². The van der Waals surface area contributed by atoms with Gasteiger partial charge in [0.15, 0.2) is 0 Å². The van der Waals surface area contributed by atoms with E-state index in [1.54, 1.807) is 4.90 Å². The minimum Gasteiger partial charge on any atom is -0.358 e. The first-order chi connectivity index (χ1) is 12.3. The van der Waals surface area contributed by atoms with Gasteiger partial charge in [0.2, 0.25) is 5.91 Å². The highest BCUT2D eigenvalue weighted by molar-refractivity contribution is 6.33. The maximum atomic E-state index is 13.1. The number of nitrogens with zero attached hydrogens (tertiary/aromatic N) is 3. The average Bonchev–Trinajstić information content (AvgIpc) is 2.59. The minimum atomic E-state index is -4.45. The normalized spacial score (nSPS) is 18.5. The fraction of sp³-hybridized carbons (Fsp3) is 0.294. The van der Waals surface area contributed by atoms with Crippen LogP contribution in [-0.2, 0) is 17.5 Å². The van der Waals surface area contributed by atoms with Gasteiger partial charge in [0.05, 0.1) is 34.7 Å². The summed E-state index contributed by atoms with van der Waals surface area (Å²) in [6.45, 7) is 4.37. The van der Waals surface area contributed by atoms with Gasteiger partial charge in [0.1, 0.15) is 0 Å². The van der Waals surface area contributed by atoms with Crippen LogP contribution in [0, 0.1) is 0 Å². The number of amides is 1. The standard InChI is InChI=1S/C17H16ClF3N4O/c1-11-16(18)14(8-22-23-11)24-6-7-25(15(26)10-24)9-12-4-2-3-5-13(12)17(19,20)21/h2-5,8,23H,1,6-7,9-10H2. The predicted octanol–water partition coefficient (Wildman–Crippen LogP) is 2.90. The van der Waals surface area contributed by atoms with Crippen LogP contribution in [0.5, 0.6) is 0 Å². The zero-order chi connectivity index (χ0) is 18.9. The molecule has 0 saturated carbocycles. The van der Waals surface area contributed by atoms with E-state index in [0.29, 0.717) is 23.0 Å². The first kappa shape index (κ1) is 18.3. The van der Waals surface area contributed by atoms with Gasteiger partial charge in [0, 0.05) is 19.6 Å². The lowest BCUT2D eigenvalue weighted by Crippen LogP contribution is -2.50. The summed E-state index contributed by atoms with van der Waals surface area (Å²) < 4.78 is 39.4. The Balaban J connectivity index is 1.73. The Bertz CT molecular complexity index is 803. The van der Waals surface area contributed by atoms with Crippen molar-refractivity contribution in [3.05, 3.63) is 58.4 Å². The van der Waals surface area contributed by atoms with E-state index in [0.717, 1.165) is 6.07 Å². The van der Waals surface area contributed by atoms with E-state index in [9.17, 15) is 18.0 Å². The highest BCUT2D eigenvalue weighted by Gasteiger charge is 2.34.